The van der Waals surface area contributed by atoms with Gasteiger partial charge in [-0.3, -0.25) is 14.5 Å². The molecule has 0 radical (unpaired) electrons. The van der Waals surface area contributed by atoms with Gasteiger partial charge in [0.25, 0.3) is 0 Å². The van der Waals surface area contributed by atoms with E-state index in [1.54, 1.807) is 22.8 Å². The molecule has 2 heterocycles. The lowest BCUT2D eigenvalue weighted by molar-refractivity contribution is -0.125. The molecule has 1 aliphatic rings. The van der Waals surface area contributed by atoms with E-state index < -0.39 is 12.1 Å². The highest BCUT2D eigenvalue weighted by molar-refractivity contribution is 7.71. The number of hydrogen-bond acceptors (Lipinski definition) is 5. The Morgan fingerprint density at radius 1 is 1.57 bits per heavy atom. The van der Waals surface area contributed by atoms with Crippen LogP contribution in [0, 0.1) is 4.77 Å². The molecule has 1 saturated carbocycles. The summed E-state index contributed by atoms with van der Waals surface area (Å²) in [6.07, 6.45) is 3.13. The van der Waals surface area contributed by atoms with E-state index in [1.165, 1.54) is 0 Å². The predicted octanol–water partition coefficient (Wildman–Crippen LogP) is 2.65. The minimum atomic E-state index is -0.493. The van der Waals surface area contributed by atoms with Gasteiger partial charge in [0.1, 0.15) is 6.04 Å². The number of amides is 1. The number of thiophene rings is 1. The molecule has 1 aliphatic carbocycles. The van der Waals surface area contributed by atoms with Crippen LogP contribution in [0.3, 0.4) is 0 Å². The molecule has 3 atom stereocenters. The lowest BCUT2D eigenvalue weighted by atomic mass is 9.92. The first kappa shape index (κ1) is 16.4. The van der Waals surface area contributed by atoms with E-state index in [9.17, 15) is 9.90 Å². The molecule has 124 valence electrons. The van der Waals surface area contributed by atoms with Gasteiger partial charge in [0.05, 0.1) is 17.0 Å². The van der Waals surface area contributed by atoms with Crippen molar-refractivity contribution < 1.29 is 9.90 Å². The Labute approximate surface area is 143 Å². The summed E-state index contributed by atoms with van der Waals surface area (Å²) in [7, 11) is 0. The molecule has 1 amide bonds. The highest BCUT2D eigenvalue weighted by atomic mass is 32.1. The van der Waals surface area contributed by atoms with Gasteiger partial charge < -0.3 is 10.4 Å². The first-order valence-electron chi connectivity index (χ1n) is 7.77. The molecule has 0 aromatic carbocycles. The Hall–Kier alpha value is -1.51. The molecule has 1 fully saturated rings. The Morgan fingerprint density at radius 2 is 2.35 bits per heavy atom. The largest absolute Gasteiger partial charge is 0.391 e. The van der Waals surface area contributed by atoms with Gasteiger partial charge in [-0.15, -0.1) is 11.3 Å². The van der Waals surface area contributed by atoms with Crippen LogP contribution in [-0.2, 0) is 4.79 Å². The summed E-state index contributed by atoms with van der Waals surface area (Å²) in [5.74, 6) is 0.517. The van der Waals surface area contributed by atoms with E-state index in [1.807, 2.05) is 17.5 Å². The van der Waals surface area contributed by atoms with Crippen molar-refractivity contribution in [2.75, 3.05) is 0 Å². The van der Waals surface area contributed by atoms with Gasteiger partial charge >= 0.3 is 0 Å². The smallest absolute Gasteiger partial charge is 0.243 e. The second-order valence-corrected chi connectivity index (χ2v) is 7.18. The zero-order valence-corrected chi connectivity index (χ0v) is 14.5. The fraction of sp³-hybridized carbons (Fsp3) is 0.533. The SMILES string of the molecule is C[C@H](C(=O)N[C@H]1CCCC[C@@H]1O)n1c(-c2cccs2)n[nH]c1=S. The van der Waals surface area contributed by atoms with Crippen LogP contribution in [0.4, 0.5) is 0 Å². The standard InChI is InChI=1S/C15H20N4O2S2/c1-9(14(21)16-10-5-2-3-6-11(10)20)19-13(17-18-15(19)22)12-7-4-8-23-12/h4,7-11,20H,2-3,5-6H2,1H3,(H,16,21)(H,18,22)/t9-,10+,11+/m1/s1. The monoisotopic (exact) mass is 352 g/mol. The van der Waals surface area contributed by atoms with E-state index in [-0.39, 0.29) is 11.9 Å². The number of H-pyrrole nitrogens is 1. The molecule has 0 spiro atoms. The Morgan fingerprint density at radius 3 is 3.04 bits per heavy atom. The van der Waals surface area contributed by atoms with Crippen LogP contribution in [0.5, 0.6) is 0 Å². The van der Waals surface area contributed by atoms with E-state index >= 15 is 0 Å². The first-order valence-corrected chi connectivity index (χ1v) is 9.06. The number of aliphatic hydroxyl groups excluding tert-OH is 1. The average Bonchev–Trinajstić information content (AvgIpc) is 3.18. The number of nitrogens with one attached hydrogen (secondary N) is 2. The van der Waals surface area contributed by atoms with Gasteiger partial charge in [0, 0.05) is 0 Å². The fourth-order valence-corrected chi connectivity index (χ4v) is 3.94. The van der Waals surface area contributed by atoms with Crippen molar-refractivity contribution in [1.29, 1.82) is 0 Å². The summed E-state index contributed by atoms with van der Waals surface area (Å²) < 4.78 is 2.14. The van der Waals surface area contributed by atoms with Crippen LogP contribution >= 0.6 is 23.6 Å². The summed E-state index contributed by atoms with van der Waals surface area (Å²) in [6.45, 7) is 1.80. The summed E-state index contributed by atoms with van der Waals surface area (Å²) in [4.78, 5) is 13.6. The molecular weight excluding hydrogens is 332 g/mol. The Balaban J connectivity index is 1.80. The molecule has 3 rings (SSSR count). The van der Waals surface area contributed by atoms with Gasteiger partial charge in [0.2, 0.25) is 5.91 Å². The van der Waals surface area contributed by atoms with E-state index in [0.717, 1.165) is 30.6 Å². The van der Waals surface area contributed by atoms with Crippen molar-refractivity contribution in [1.82, 2.24) is 20.1 Å². The highest BCUT2D eigenvalue weighted by Crippen LogP contribution is 2.26. The van der Waals surface area contributed by atoms with Crippen molar-refractivity contribution in [3.63, 3.8) is 0 Å². The fourth-order valence-electron chi connectivity index (χ4n) is 2.94. The minimum absolute atomic E-state index is 0.147. The van der Waals surface area contributed by atoms with Gasteiger partial charge in [-0.1, -0.05) is 18.9 Å². The normalized spacial score (nSPS) is 22.7. The van der Waals surface area contributed by atoms with Crippen molar-refractivity contribution in [3.8, 4) is 10.7 Å². The average molecular weight is 352 g/mol. The number of aromatic amines is 1. The van der Waals surface area contributed by atoms with Crippen molar-refractivity contribution in [2.45, 2.75) is 50.8 Å². The summed E-state index contributed by atoms with van der Waals surface area (Å²) in [5, 5.41) is 22.0. The number of aliphatic hydroxyl groups is 1. The summed E-state index contributed by atoms with van der Waals surface area (Å²) in [6, 6.07) is 3.21. The second-order valence-electron chi connectivity index (χ2n) is 5.84. The maximum absolute atomic E-state index is 12.6. The molecule has 0 saturated heterocycles. The van der Waals surface area contributed by atoms with Gasteiger partial charge in [-0.2, -0.15) is 5.10 Å². The molecule has 23 heavy (non-hydrogen) atoms. The maximum atomic E-state index is 12.6. The molecule has 3 N–H and O–H groups in total. The van der Waals surface area contributed by atoms with Crippen molar-refractivity contribution in [3.05, 3.63) is 22.3 Å². The molecule has 2 aromatic rings. The topological polar surface area (TPSA) is 82.9 Å². The van der Waals surface area contributed by atoms with Gasteiger partial charge in [-0.05, 0) is 43.4 Å². The summed E-state index contributed by atoms with van der Waals surface area (Å²) >= 11 is 6.84. The number of carbonyl (C=O) groups excluding carboxylic acids is 1. The molecule has 8 heteroatoms. The molecular formula is C15H20N4O2S2. The van der Waals surface area contributed by atoms with Crippen LogP contribution in [0.25, 0.3) is 10.7 Å². The second kappa shape index (κ2) is 6.94. The van der Waals surface area contributed by atoms with Crippen molar-refractivity contribution >= 4 is 29.5 Å². The van der Waals surface area contributed by atoms with Crippen LogP contribution in [0.2, 0.25) is 0 Å². The highest BCUT2D eigenvalue weighted by Gasteiger charge is 2.28. The van der Waals surface area contributed by atoms with Crippen molar-refractivity contribution in [2.24, 2.45) is 0 Å². The molecule has 6 nitrogen and oxygen atoms in total. The maximum Gasteiger partial charge on any atom is 0.243 e. The minimum Gasteiger partial charge on any atom is -0.391 e. The predicted molar refractivity (Wildman–Crippen MR) is 91.8 cm³/mol. The molecule has 0 bridgehead atoms. The Bertz CT molecular complexity index is 722. The third-order valence-corrected chi connectivity index (χ3v) is 5.42. The van der Waals surface area contributed by atoms with Crippen LogP contribution in [0.1, 0.15) is 38.6 Å². The van der Waals surface area contributed by atoms with Gasteiger partial charge in [0.15, 0.2) is 10.6 Å². The lowest BCUT2D eigenvalue weighted by Crippen LogP contribution is -2.47. The van der Waals surface area contributed by atoms with Crippen LogP contribution < -0.4 is 5.32 Å². The number of aromatic nitrogens is 3. The molecule has 0 aliphatic heterocycles. The van der Waals surface area contributed by atoms with Crippen LogP contribution in [-0.4, -0.2) is 37.9 Å². The Kier molecular flexibility index (Phi) is 4.93. The quantitative estimate of drug-likeness (QED) is 0.739. The van der Waals surface area contributed by atoms with E-state index in [2.05, 4.69) is 15.5 Å². The van der Waals surface area contributed by atoms with E-state index in [0.29, 0.717) is 10.6 Å². The van der Waals surface area contributed by atoms with E-state index in [4.69, 9.17) is 12.2 Å². The number of nitrogens with zero attached hydrogens (tertiary/aromatic N) is 2. The molecule has 0 unspecified atom stereocenters. The zero-order chi connectivity index (χ0) is 16.4. The molecule has 2 aromatic heterocycles. The third kappa shape index (κ3) is 3.39. The van der Waals surface area contributed by atoms with Crippen LogP contribution in [0.15, 0.2) is 17.5 Å². The summed E-state index contributed by atoms with van der Waals surface area (Å²) in [5.41, 5.74) is 0. The lowest BCUT2D eigenvalue weighted by Gasteiger charge is -2.29. The number of rotatable bonds is 4. The first-order chi connectivity index (χ1) is 11.1. The number of hydrogen-bond donors (Lipinski definition) is 3. The zero-order valence-electron chi connectivity index (χ0n) is 12.9. The van der Waals surface area contributed by atoms with Gasteiger partial charge in [-0.25, -0.2) is 0 Å². The third-order valence-electron chi connectivity index (χ3n) is 4.27. The number of carbonyl (C=O) groups is 1.